The summed E-state index contributed by atoms with van der Waals surface area (Å²) in [5.41, 5.74) is 1.37. The number of furan rings is 1. The van der Waals surface area contributed by atoms with Crippen LogP contribution in [0.1, 0.15) is 24.2 Å². The summed E-state index contributed by atoms with van der Waals surface area (Å²) in [6, 6.07) is 11.3. The molecule has 1 aromatic heterocycles. The number of hydrogen-bond donors (Lipinski definition) is 0. The Morgan fingerprint density at radius 3 is 2.59 bits per heavy atom. The van der Waals surface area contributed by atoms with E-state index in [0.717, 1.165) is 29.0 Å². The van der Waals surface area contributed by atoms with Crippen molar-refractivity contribution in [3.05, 3.63) is 51.2 Å². The molecule has 0 bridgehead atoms. The summed E-state index contributed by atoms with van der Waals surface area (Å²) in [5.74, 6) is 1.51. The van der Waals surface area contributed by atoms with Crippen LogP contribution in [0.5, 0.6) is 0 Å². The van der Waals surface area contributed by atoms with Crippen LogP contribution >= 0.6 is 27.5 Å². The third-order valence-electron chi connectivity index (χ3n) is 3.64. The Labute approximate surface area is 142 Å². The number of hydrogen-bond acceptors (Lipinski definition) is 3. The van der Waals surface area contributed by atoms with E-state index in [1.165, 1.54) is 12.8 Å². The van der Waals surface area contributed by atoms with Crippen LogP contribution in [0.25, 0.3) is 11.6 Å². The third-order valence-corrected chi connectivity index (χ3v) is 4.46. The van der Waals surface area contributed by atoms with Gasteiger partial charge in [0.2, 0.25) is 5.88 Å². The van der Waals surface area contributed by atoms with Gasteiger partial charge >= 0.3 is 0 Å². The highest BCUT2D eigenvalue weighted by Crippen LogP contribution is 2.34. The van der Waals surface area contributed by atoms with E-state index in [4.69, 9.17) is 16.0 Å². The zero-order valence-electron chi connectivity index (χ0n) is 11.9. The highest BCUT2D eigenvalue weighted by molar-refractivity contribution is 9.10. The molecular formula is C17H14BrClN2O. The minimum absolute atomic E-state index is 0.547. The Morgan fingerprint density at radius 1 is 1.27 bits per heavy atom. The van der Waals surface area contributed by atoms with Crippen molar-refractivity contribution in [2.24, 2.45) is 0 Å². The predicted octanol–water partition coefficient (Wildman–Crippen LogP) is 5.36. The van der Waals surface area contributed by atoms with Gasteiger partial charge in [-0.05, 0) is 52.5 Å². The van der Waals surface area contributed by atoms with Crippen molar-refractivity contribution >= 4 is 45.1 Å². The Hall–Kier alpha value is -1.70. The van der Waals surface area contributed by atoms with Gasteiger partial charge in [-0.2, -0.15) is 5.26 Å². The zero-order valence-corrected chi connectivity index (χ0v) is 14.2. The van der Waals surface area contributed by atoms with Crippen molar-refractivity contribution in [3.8, 4) is 6.07 Å². The van der Waals surface area contributed by atoms with Crippen LogP contribution in [-0.2, 0) is 0 Å². The minimum Gasteiger partial charge on any atom is -0.440 e. The van der Waals surface area contributed by atoms with E-state index in [-0.39, 0.29) is 0 Å². The summed E-state index contributed by atoms with van der Waals surface area (Å²) in [6.45, 7) is 2.02. The molecule has 0 saturated carbocycles. The molecule has 0 N–H and O–H groups in total. The Morgan fingerprint density at radius 2 is 1.95 bits per heavy atom. The molecule has 0 spiro atoms. The van der Waals surface area contributed by atoms with Crippen molar-refractivity contribution < 1.29 is 4.42 Å². The lowest BCUT2D eigenvalue weighted by Gasteiger charge is -2.13. The van der Waals surface area contributed by atoms with Gasteiger partial charge < -0.3 is 9.32 Å². The highest BCUT2D eigenvalue weighted by Gasteiger charge is 2.19. The number of allylic oxidation sites excluding steroid dienone is 1. The molecule has 3 nitrogen and oxygen atoms in total. The lowest BCUT2D eigenvalue weighted by molar-refractivity contribution is 0.546. The topological polar surface area (TPSA) is 40.2 Å². The first kappa shape index (κ1) is 15.2. The van der Waals surface area contributed by atoms with Crippen LogP contribution < -0.4 is 4.90 Å². The van der Waals surface area contributed by atoms with E-state index >= 15 is 0 Å². The van der Waals surface area contributed by atoms with E-state index in [0.29, 0.717) is 16.4 Å². The largest absolute Gasteiger partial charge is 0.440 e. The minimum atomic E-state index is 0.547. The Bertz CT molecular complexity index is 737. The van der Waals surface area contributed by atoms with Crippen molar-refractivity contribution in [2.75, 3.05) is 18.0 Å². The van der Waals surface area contributed by atoms with Gasteiger partial charge in [0.25, 0.3) is 0 Å². The van der Waals surface area contributed by atoms with Crippen molar-refractivity contribution in [2.45, 2.75) is 12.8 Å². The first-order chi connectivity index (χ1) is 10.7. The second-order valence-corrected chi connectivity index (χ2v) is 6.46. The standard InChI is InChI=1S/C17H14BrClN2O/c18-16-10-15(22-17(16)21-7-1-2-8-21)9-13(11-20)12-3-5-14(19)6-4-12/h3-6,9-10H,1-2,7-8H2/b13-9-. The van der Waals surface area contributed by atoms with Crippen LogP contribution in [0.2, 0.25) is 5.02 Å². The second-order valence-electron chi connectivity index (χ2n) is 5.17. The summed E-state index contributed by atoms with van der Waals surface area (Å²) in [7, 11) is 0. The molecule has 2 heterocycles. The first-order valence-electron chi connectivity index (χ1n) is 7.09. The quantitative estimate of drug-likeness (QED) is 0.676. The zero-order chi connectivity index (χ0) is 15.5. The monoisotopic (exact) mass is 376 g/mol. The van der Waals surface area contributed by atoms with E-state index < -0.39 is 0 Å². The van der Waals surface area contributed by atoms with Gasteiger partial charge in [0.05, 0.1) is 16.1 Å². The molecule has 1 aromatic carbocycles. The van der Waals surface area contributed by atoms with Gasteiger partial charge in [-0.3, -0.25) is 0 Å². The fourth-order valence-electron chi connectivity index (χ4n) is 2.54. The lowest BCUT2D eigenvalue weighted by Crippen LogP contribution is -2.17. The third kappa shape index (κ3) is 3.21. The van der Waals surface area contributed by atoms with E-state index in [1.807, 2.05) is 18.2 Å². The number of rotatable bonds is 3. The average Bonchev–Trinajstić information content (AvgIpc) is 3.15. The average molecular weight is 378 g/mol. The summed E-state index contributed by atoms with van der Waals surface area (Å²) in [6.07, 6.45) is 4.13. The van der Waals surface area contributed by atoms with Crippen LogP contribution in [0.4, 0.5) is 5.88 Å². The first-order valence-corrected chi connectivity index (χ1v) is 8.26. The molecule has 0 atom stereocenters. The smallest absolute Gasteiger partial charge is 0.210 e. The maximum atomic E-state index is 9.38. The molecule has 1 saturated heterocycles. The molecule has 0 radical (unpaired) electrons. The molecule has 0 unspecified atom stereocenters. The van der Waals surface area contributed by atoms with Crippen LogP contribution in [0.15, 0.2) is 39.2 Å². The maximum absolute atomic E-state index is 9.38. The highest BCUT2D eigenvalue weighted by atomic mass is 79.9. The van der Waals surface area contributed by atoms with Gasteiger partial charge in [0.15, 0.2) is 0 Å². The molecule has 2 aromatic rings. The van der Waals surface area contributed by atoms with Gasteiger partial charge in [0, 0.05) is 24.2 Å². The van der Waals surface area contributed by atoms with Gasteiger partial charge in [-0.1, -0.05) is 23.7 Å². The molecule has 22 heavy (non-hydrogen) atoms. The molecule has 0 aliphatic carbocycles. The van der Waals surface area contributed by atoms with Crippen molar-refractivity contribution in [1.82, 2.24) is 0 Å². The molecule has 0 amide bonds. The number of halogens is 2. The van der Waals surface area contributed by atoms with Gasteiger partial charge in [-0.15, -0.1) is 0 Å². The van der Waals surface area contributed by atoms with Crippen molar-refractivity contribution in [1.29, 1.82) is 5.26 Å². The van der Waals surface area contributed by atoms with Crippen molar-refractivity contribution in [3.63, 3.8) is 0 Å². The fourth-order valence-corrected chi connectivity index (χ4v) is 3.22. The molecule has 1 aliphatic heterocycles. The number of anilines is 1. The summed E-state index contributed by atoms with van der Waals surface area (Å²) < 4.78 is 6.83. The second kappa shape index (κ2) is 6.60. The SMILES string of the molecule is N#C/C(=C/c1cc(Br)c(N2CCCC2)o1)c1ccc(Cl)cc1. The fraction of sp³-hybridized carbons (Fsp3) is 0.235. The van der Waals surface area contributed by atoms with Crippen LogP contribution in [-0.4, -0.2) is 13.1 Å². The number of benzene rings is 1. The molecule has 5 heteroatoms. The van der Waals surface area contributed by atoms with Crippen LogP contribution in [0, 0.1) is 11.3 Å². The normalized spacial score (nSPS) is 15.1. The molecule has 1 aliphatic rings. The summed E-state index contributed by atoms with van der Waals surface area (Å²) >= 11 is 9.42. The predicted molar refractivity (Wildman–Crippen MR) is 92.8 cm³/mol. The van der Waals surface area contributed by atoms with Gasteiger partial charge in [0.1, 0.15) is 5.76 Å². The molecule has 3 rings (SSSR count). The summed E-state index contributed by atoms with van der Waals surface area (Å²) in [5, 5.41) is 10.0. The van der Waals surface area contributed by atoms with E-state index in [2.05, 4.69) is 26.9 Å². The number of nitriles is 1. The Balaban J connectivity index is 1.91. The van der Waals surface area contributed by atoms with Crippen LogP contribution in [0.3, 0.4) is 0 Å². The Kier molecular flexibility index (Phi) is 4.56. The van der Waals surface area contributed by atoms with E-state index in [1.54, 1.807) is 18.2 Å². The maximum Gasteiger partial charge on any atom is 0.210 e. The number of nitrogens with zero attached hydrogens (tertiary/aromatic N) is 2. The lowest BCUT2D eigenvalue weighted by atomic mass is 10.1. The molecule has 112 valence electrons. The summed E-state index contributed by atoms with van der Waals surface area (Å²) in [4.78, 5) is 2.22. The van der Waals surface area contributed by atoms with E-state index in [9.17, 15) is 5.26 Å². The molecular weight excluding hydrogens is 364 g/mol. The molecule has 1 fully saturated rings. The van der Waals surface area contributed by atoms with Gasteiger partial charge in [-0.25, -0.2) is 0 Å².